The Kier molecular flexibility index (Phi) is 5.37. The maximum Gasteiger partial charge on any atom is 0.0314 e. The van der Waals surface area contributed by atoms with Crippen LogP contribution in [0.4, 0.5) is 0 Å². The lowest BCUT2D eigenvalue weighted by molar-refractivity contribution is 1.50. The molecule has 13 heavy (non-hydrogen) atoms. The molecule has 0 aromatic heterocycles. The molecule has 1 aromatic rings. The van der Waals surface area contributed by atoms with Gasteiger partial charge in [0.1, 0.15) is 0 Å². The molecule has 0 bridgehead atoms. The second kappa shape index (κ2) is 6.06. The van der Waals surface area contributed by atoms with Gasteiger partial charge in [0, 0.05) is 5.70 Å². The highest BCUT2D eigenvalue weighted by Gasteiger charge is 1.92. The van der Waals surface area contributed by atoms with Crippen molar-refractivity contribution < 1.29 is 0 Å². The second-order valence-electron chi connectivity index (χ2n) is 2.35. The fourth-order valence-electron chi connectivity index (χ4n) is 0.865. The summed E-state index contributed by atoms with van der Waals surface area (Å²) < 4.78 is 0. The van der Waals surface area contributed by atoms with Gasteiger partial charge in [0.2, 0.25) is 0 Å². The van der Waals surface area contributed by atoms with E-state index < -0.39 is 0 Å². The summed E-state index contributed by atoms with van der Waals surface area (Å²) in [6, 6.07) is 7.79. The molecule has 0 aliphatic rings. The monoisotopic (exact) mass is 175 g/mol. The van der Waals surface area contributed by atoms with Crippen molar-refractivity contribution in [2.24, 2.45) is 5.73 Å². The number of rotatable bonds is 2. The first kappa shape index (κ1) is 11.5. The average molecular weight is 175 g/mol. The van der Waals surface area contributed by atoms with Crippen LogP contribution in [0.25, 0.3) is 11.8 Å². The standard InChI is InChI=1S/C10H11N.C2H6/c1-3-9-5-4-6-10(7-9)8(2)11;1-2/h3-7H,1-2,11H2;1-2H3. The van der Waals surface area contributed by atoms with Crippen molar-refractivity contribution in [1.29, 1.82) is 0 Å². The third-order valence-corrected chi connectivity index (χ3v) is 1.49. The van der Waals surface area contributed by atoms with Gasteiger partial charge in [-0.1, -0.05) is 51.3 Å². The van der Waals surface area contributed by atoms with Gasteiger partial charge in [0.15, 0.2) is 0 Å². The van der Waals surface area contributed by atoms with Gasteiger partial charge in [-0.05, 0) is 17.2 Å². The molecule has 0 saturated heterocycles. The first-order valence-corrected chi connectivity index (χ1v) is 4.41. The van der Waals surface area contributed by atoms with Gasteiger partial charge < -0.3 is 5.73 Å². The summed E-state index contributed by atoms with van der Waals surface area (Å²) in [6.45, 7) is 11.3. The van der Waals surface area contributed by atoms with Crippen LogP contribution in [0.2, 0.25) is 0 Å². The predicted molar refractivity (Wildman–Crippen MR) is 61.1 cm³/mol. The molecule has 0 amide bonds. The van der Waals surface area contributed by atoms with Crippen molar-refractivity contribution in [2.75, 3.05) is 0 Å². The lowest BCUT2D eigenvalue weighted by Gasteiger charge is -1.99. The minimum Gasteiger partial charge on any atom is -0.399 e. The van der Waals surface area contributed by atoms with E-state index in [1.165, 1.54) is 0 Å². The fourth-order valence-corrected chi connectivity index (χ4v) is 0.865. The largest absolute Gasteiger partial charge is 0.399 e. The zero-order valence-electron chi connectivity index (χ0n) is 8.38. The Morgan fingerprint density at radius 3 is 2.46 bits per heavy atom. The molecule has 0 atom stereocenters. The van der Waals surface area contributed by atoms with Crippen molar-refractivity contribution >= 4 is 11.8 Å². The molecule has 2 N–H and O–H groups in total. The average Bonchev–Trinajstić information content (AvgIpc) is 2.21. The zero-order chi connectivity index (χ0) is 10.3. The topological polar surface area (TPSA) is 26.0 Å². The van der Waals surface area contributed by atoms with E-state index in [1.54, 1.807) is 6.08 Å². The fraction of sp³-hybridized carbons (Fsp3) is 0.167. The van der Waals surface area contributed by atoms with Crippen LogP contribution in [-0.2, 0) is 0 Å². The highest BCUT2D eigenvalue weighted by atomic mass is 14.6. The van der Waals surface area contributed by atoms with Crippen LogP contribution < -0.4 is 5.73 Å². The number of nitrogens with two attached hydrogens (primary N) is 1. The molecule has 1 rings (SSSR count). The molecular formula is C12H17N. The molecule has 0 aliphatic heterocycles. The highest BCUT2D eigenvalue weighted by Crippen LogP contribution is 2.10. The van der Waals surface area contributed by atoms with Crippen LogP contribution in [-0.4, -0.2) is 0 Å². The van der Waals surface area contributed by atoms with Gasteiger partial charge >= 0.3 is 0 Å². The van der Waals surface area contributed by atoms with Crippen LogP contribution in [0.5, 0.6) is 0 Å². The molecule has 0 fully saturated rings. The minimum absolute atomic E-state index is 0.591. The zero-order valence-corrected chi connectivity index (χ0v) is 8.38. The Hall–Kier alpha value is -1.50. The molecule has 0 radical (unpaired) electrons. The Morgan fingerprint density at radius 1 is 1.38 bits per heavy atom. The van der Waals surface area contributed by atoms with Gasteiger partial charge in [-0.15, -0.1) is 0 Å². The SMILES string of the molecule is C=Cc1cccc(C(=C)N)c1.CC. The summed E-state index contributed by atoms with van der Waals surface area (Å²) in [5.41, 5.74) is 8.12. The van der Waals surface area contributed by atoms with Gasteiger partial charge in [-0.25, -0.2) is 0 Å². The molecule has 0 heterocycles. The molecule has 0 saturated carbocycles. The van der Waals surface area contributed by atoms with Crippen LogP contribution in [0, 0.1) is 0 Å². The molecular weight excluding hydrogens is 158 g/mol. The van der Waals surface area contributed by atoms with E-state index in [2.05, 4.69) is 13.2 Å². The number of benzene rings is 1. The minimum atomic E-state index is 0.591. The lowest BCUT2D eigenvalue weighted by Crippen LogP contribution is -1.93. The maximum absolute atomic E-state index is 5.51. The third kappa shape index (κ3) is 3.61. The second-order valence-corrected chi connectivity index (χ2v) is 2.35. The van der Waals surface area contributed by atoms with Crippen molar-refractivity contribution in [3.05, 3.63) is 48.6 Å². The summed E-state index contributed by atoms with van der Waals surface area (Å²) in [6.07, 6.45) is 1.78. The molecule has 1 heteroatoms. The Morgan fingerprint density at radius 2 is 2.00 bits per heavy atom. The molecule has 1 aromatic carbocycles. The van der Waals surface area contributed by atoms with Crippen LogP contribution in [0.3, 0.4) is 0 Å². The summed E-state index contributed by atoms with van der Waals surface area (Å²) in [4.78, 5) is 0. The van der Waals surface area contributed by atoms with Crippen LogP contribution >= 0.6 is 0 Å². The van der Waals surface area contributed by atoms with Crippen molar-refractivity contribution in [3.63, 3.8) is 0 Å². The van der Waals surface area contributed by atoms with Crippen molar-refractivity contribution in [1.82, 2.24) is 0 Å². The van der Waals surface area contributed by atoms with Crippen LogP contribution in [0.1, 0.15) is 25.0 Å². The van der Waals surface area contributed by atoms with E-state index in [0.29, 0.717) is 5.70 Å². The Bertz CT molecular complexity index is 287. The summed E-state index contributed by atoms with van der Waals surface area (Å²) in [5.74, 6) is 0. The van der Waals surface area contributed by atoms with Crippen LogP contribution in [0.15, 0.2) is 37.4 Å². The molecule has 1 nitrogen and oxygen atoms in total. The van der Waals surface area contributed by atoms with E-state index in [-0.39, 0.29) is 0 Å². The van der Waals surface area contributed by atoms with Gasteiger partial charge in [-0.3, -0.25) is 0 Å². The van der Waals surface area contributed by atoms with E-state index in [0.717, 1.165) is 11.1 Å². The lowest BCUT2D eigenvalue weighted by atomic mass is 10.1. The summed E-state index contributed by atoms with van der Waals surface area (Å²) in [7, 11) is 0. The summed E-state index contributed by atoms with van der Waals surface area (Å²) in [5, 5.41) is 0. The first-order valence-electron chi connectivity index (χ1n) is 4.41. The number of hydrogen-bond acceptors (Lipinski definition) is 1. The number of hydrogen-bond donors (Lipinski definition) is 1. The Balaban J connectivity index is 0.000000671. The van der Waals surface area contributed by atoms with E-state index in [4.69, 9.17) is 5.73 Å². The van der Waals surface area contributed by atoms with E-state index >= 15 is 0 Å². The molecule has 0 aliphatic carbocycles. The molecule has 70 valence electrons. The van der Waals surface area contributed by atoms with E-state index in [9.17, 15) is 0 Å². The quantitative estimate of drug-likeness (QED) is 0.733. The van der Waals surface area contributed by atoms with Gasteiger partial charge in [-0.2, -0.15) is 0 Å². The Labute approximate surface area is 80.6 Å². The maximum atomic E-state index is 5.51. The third-order valence-electron chi connectivity index (χ3n) is 1.49. The highest BCUT2D eigenvalue weighted by molar-refractivity contribution is 5.63. The molecule has 0 spiro atoms. The first-order chi connectivity index (χ1) is 6.24. The summed E-state index contributed by atoms with van der Waals surface area (Å²) >= 11 is 0. The molecule has 0 unspecified atom stereocenters. The van der Waals surface area contributed by atoms with Gasteiger partial charge in [0.05, 0.1) is 0 Å². The predicted octanol–water partition coefficient (Wildman–Crippen LogP) is 3.29. The van der Waals surface area contributed by atoms with Crippen molar-refractivity contribution in [2.45, 2.75) is 13.8 Å². The van der Waals surface area contributed by atoms with Crippen molar-refractivity contribution in [3.8, 4) is 0 Å². The van der Waals surface area contributed by atoms with E-state index in [1.807, 2.05) is 38.1 Å². The van der Waals surface area contributed by atoms with Gasteiger partial charge in [0.25, 0.3) is 0 Å². The smallest absolute Gasteiger partial charge is 0.0314 e. The normalized spacial score (nSPS) is 8.15.